The Hall–Kier alpha value is -2.94. The molecule has 6 nitrogen and oxygen atoms in total. The maximum Gasteiger partial charge on any atom is 0.279 e. The molecule has 1 aliphatic rings. The molecule has 0 unspecified atom stereocenters. The Bertz CT molecular complexity index is 1620. The summed E-state index contributed by atoms with van der Waals surface area (Å²) in [6, 6.07) is 17.4. The number of amides is 1. The van der Waals surface area contributed by atoms with Crippen LogP contribution >= 0.6 is 22.9 Å². The molecule has 1 amide bonds. The predicted molar refractivity (Wildman–Crippen MR) is 141 cm³/mol. The molecule has 0 N–H and O–H groups in total. The standard InChI is InChI=1S/C26H24ClN3O3S2/c1-3-29-23-17(2)10-15-21(27)24(23)34-26(29)28-25(31)19-11-13-20(14-12-19)35(32,33)30-16-6-8-18-7-4-5-9-22(18)30/h4-5,7,9-15H,3,6,8,16H2,1-2H3. The van der Waals surface area contributed by atoms with Crippen molar-refractivity contribution >= 4 is 54.8 Å². The molecule has 35 heavy (non-hydrogen) atoms. The lowest BCUT2D eigenvalue weighted by atomic mass is 10.0. The summed E-state index contributed by atoms with van der Waals surface area (Å²) in [7, 11) is -3.74. The monoisotopic (exact) mass is 525 g/mol. The fourth-order valence-corrected chi connectivity index (χ4v) is 7.48. The maximum atomic E-state index is 13.4. The van der Waals surface area contributed by atoms with Gasteiger partial charge in [-0.3, -0.25) is 9.10 Å². The number of fused-ring (bicyclic) bond motifs is 2. The second kappa shape index (κ2) is 9.26. The molecule has 3 aromatic carbocycles. The highest BCUT2D eigenvalue weighted by atomic mass is 35.5. The van der Waals surface area contributed by atoms with Crippen LogP contribution in [0.4, 0.5) is 5.69 Å². The number of hydrogen-bond acceptors (Lipinski definition) is 4. The van der Waals surface area contributed by atoms with Gasteiger partial charge in [0.25, 0.3) is 15.9 Å². The van der Waals surface area contributed by atoms with Crippen molar-refractivity contribution in [3.8, 4) is 0 Å². The van der Waals surface area contributed by atoms with E-state index in [4.69, 9.17) is 11.6 Å². The van der Waals surface area contributed by atoms with Crippen LogP contribution in [0.2, 0.25) is 5.02 Å². The predicted octanol–water partition coefficient (Wildman–Crippen LogP) is 5.57. The highest BCUT2D eigenvalue weighted by Crippen LogP contribution is 2.32. The van der Waals surface area contributed by atoms with Gasteiger partial charge in [-0.1, -0.05) is 47.2 Å². The van der Waals surface area contributed by atoms with Gasteiger partial charge in [-0.05, 0) is 74.2 Å². The number of thiazole rings is 1. The summed E-state index contributed by atoms with van der Waals surface area (Å²) in [4.78, 5) is 18.1. The van der Waals surface area contributed by atoms with Crippen molar-refractivity contribution in [3.63, 3.8) is 0 Å². The van der Waals surface area contributed by atoms with Crippen molar-refractivity contribution in [1.82, 2.24) is 4.57 Å². The van der Waals surface area contributed by atoms with Gasteiger partial charge < -0.3 is 4.57 Å². The van der Waals surface area contributed by atoms with Gasteiger partial charge >= 0.3 is 0 Å². The molecule has 0 atom stereocenters. The van der Waals surface area contributed by atoms with Crippen LogP contribution in [0.15, 0.2) is 70.6 Å². The van der Waals surface area contributed by atoms with Gasteiger partial charge in [0.2, 0.25) is 0 Å². The van der Waals surface area contributed by atoms with Crippen molar-refractivity contribution in [2.75, 3.05) is 10.8 Å². The number of benzene rings is 3. The van der Waals surface area contributed by atoms with Crippen molar-refractivity contribution in [2.24, 2.45) is 4.99 Å². The summed E-state index contributed by atoms with van der Waals surface area (Å²) < 4.78 is 31.1. The Kier molecular flexibility index (Phi) is 6.29. The third kappa shape index (κ3) is 4.20. The highest BCUT2D eigenvalue weighted by Gasteiger charge is 2.29. The zero-order chi connectivity index (χ0) is 24.7. The molecule has 0 radical (unpaired) electrons. The molecule has 0 bridgehead atoms. The number of aryl methyl sites for hydroxylation is 3. The molecule has 0 saturated carbocycles. The first-order chi connectivity index (χ1) is 16.8. The van der Waals surface area contributed by atoms with E-state index in [1.54, 1.807) is 0 Å². The third-order valence-electron chi connectivity index (χ3n) is 6.25. The lowest BCUT2D eigenvalue weighted by molar-refractivity contribution is 0.0997. The Morgan fingerprint density at radius 2 is 1.83 bits per heavy atom. The average Bonchev–Trinajstić information content (AvgIpc) is 3.25. The van der Waals surface area contributed by atoms with Crippen molar-refractivity contribution < 1.29 is 13.2 Å². The van der Waals surface area contributed by atoms with E-state index in [-0.39, 0.29) is 4.90 Å². The Morgan fingerprint density at radius 1 is 1.09 bits per heavy atom. The lowest BCUT2D eigenvalue weighted by Crippen LogP contribution is -2.35. The van der Waals surface area contributed by atoms with E-state index < -0.39 is 15.9 Å². The van der Waals surface area contributed by atoms with Crippen LogP contribution in [0.3, 0.4) is 0 Å². The first-order valence-corrected chi connectivity index (χ1v) is 14.0. The molecule has 2 heterocycles. The molecule has 1 aromatic heterocycles. The van der Waals surface area contributed by atoms with Gasteiger partial charge in [-0.2, -0.15) is 4.99 Å². The van der Waals surface area contributed by atoms with Crippen molar-refractivity contribution in [2.45, 2.75) is 38.1 Å². The normalized spacial score (nSPS) is 14.4. The zero-order valence-electron chi connectivity index (χ0n) is 19.4. The summed E-state index contributed by atoms with van der Waals surface area (Å²) in [5, 5.41) is 0.626. The molecule has 0 aliphatic carbocycles. The van der Waals surface area contributed by atoms with Crippen molar-refractivity contribution in [3.05, 3.63) is 87.2 Å². The molecule has 5 rings (SSSR count). The first kappa shape index (κ1) is 23.8. The van der Waals surface area contributed by atoms with Crippen LogP contribution in [0.5, 0.6) is 0 Å². The van der Waals surface area contributed by atoms with E-state index in [0.717, 1.165) is 39.9 Å². The molecule has 0 saturated heterocycles. The quantitative estimate of drug-likeness (QED) is 0.350. The summed E-state index contributed by atoms with van der Waals surface area (Å²) in [6.07, 6.45) is 1.62. The van der Waals surface area contributed by atoms with Crippen LogP contribution in [0, 0.1) is 6.92 Å². The minimum atomic E-state index is -3.74. The topological polar surface area (TPSA) is 71.7 Å². The van der Waals surface area contributed by atoms with Gasteiger partial charge in [0.1, 0.15) is 0 Å². The number of halogens is 1. The van der Waals surface area contributed by atoms with E-state index in [0.29, 0.717) is 28.5 Å². The number of para-hydroxylation sites is 1. The second-order valence-electron chi connectivity index (χ2n) is 8.42. The number of anilines is 1. The number of carbonyl (C=O) groups excluding carboxylic acids is 1. The first-order valence-electron chi connectivity index (χ1n) is 11.4. The molecule has 0 fully saturated rings. The summed E-state index contributed by atoms with van der Waals surface area (Å²) >= 11 is 7.76. The van der Waals surface area contributed by atoms with Gasteiger partial charge in [-0.25, -0.2) is 8.42 Å². The second-order valence-corrected chi connectivity index (χ2v) is 11.7. The number of rotatable bonds is 4. The SMILES string of the molecule is CCn1c(=NC(=O)c2ccc(S(=O)(=O)N3CCCc4ccccc43)cc2)sc2c(Cl)ccc(C)c21. The Balaban J connectivity index is 1.48. The smallest absolute Gasteiger partial charge is 0.279 e. The number of nitrogens with zero attached hydrogens (tertiary/aromatic N) is 3. The molecule has 0 spiro atoms. The Morgan fingerprint density at radius 3 is 2.57 bits per heavy atom. The molecule has 4 aromatic rings. The van der Waals surface area contributed by atoms with Crippen LogP contribution < -0.4 is 9.11 Å². The number of aromatic nitrogens is 1. The lowest BCUT2D eigenvalue weighted by Gasteiger charge is -2.30. The van der Waals surface area contributed by atoms with E-state index in [9.17, 15) is 13.2 Å². The molecule has 180 valence electrons. The molecule has 1 aliphatic heterocycles. The number of hydrogen-bond donors (Lipinski definition) is 0. The Labute approximate surface area is 213 Å². The van der Waals surface area contributed by atoms with E-state index in [1.165, 1.54) is 39.9 Å². The number of carbonyl (C=O) groups is 1. The van der Waals surface area contributed by atoms with E-state index >= 15 is 0 Å². The van der Waals surface area contributed by atoms with E-state index in [2.05, 4.69) is 4.99 Å². The summed E-state index contributed by atoms with van der Waals surface area (Å²) in [5.74, 6) is -0.431. The van der Waals surface area contributed by atoms with Crippen LogP contribution in [-0.2, 0) is 23.0 Å². The number of sulfonamides is 1. The minimum Gasteiger partial charge on any atom is -0.316 e. The average molecular weight is 526 g/mol. The largest absolute Gasteiger partial charge is 0.316 e. The van der Waals surface area contributed by atoms with Gasteiger partial charge in [-0.15, -0.1) is 0 Å². The van der Waals surface area contributed by atoms with E-state index in [1.807, 2.05) is 54.8 Å². The van der Waals surface area contributed by atoms with Crippen molar-refractivity contribution in [1.29, 1.82) is 0 Å². The maximum absolute atomic E-state index is 13.4. The van der Waals surface area contributed by atoms with Gasteiger partial charge in [0.05, 0.1) is 25.8 Å². The highest BCUT2D eigenvalue weighted by molar-refractivity contribution is 7.92. The van der Waals surface area contributed by atoms with Gasteiger partial charge in [0.15, 0.2) is 4.80 Å². The minimum absolute atomic E-state index is 0.152. The van der Waals surface area contributed by atoms with Gasteiger partial charge in [0, 0.05) is 18.7 Å². The fourth-order valence-electron chi connectivity index (χ4n) is 4.49. The van der Waals surface area contributed by atoms with Crippen LogP contribution in [0.1, 0.15) is 34.8 Å². The zero-order valence-corrected chi connectivity index (χ0v) is 21.8. The fraction of sp³-hybridized carbons (Fsp3) is 0.231. The van der Waals surface area contributed by atoms with Crippen LogP contribution in [0.25, 0.3) is 10.2 Å². The molecule has 9 heteroatoms. The molecular formula is C26H24ClN3O3S2. The summed E-state index contributed by atoms with van der Waals surface area (Å²) in [5.41, 5.74) is 4.10. The van der Waals surface area contributed by atoms with Crippen LogP contribution in [-0.4, -0.2) is 25.4 Å². The third-order valence-corrected chi connectivity index (χ3v) is 9.62. The molecular weight excluding hydrogens is 502 g/mol. The summed E-state index contributed by atoms with van der Waals surface area (Å²) in [6.45, 7) is 5.07.